The molecule has 0 bridgehead atoms. The first kappa shape index (κ1) is 20.6. The molecule has 1 N–H and O–H groups in total. The van der Waals surface area contributed by atoms with Crippen molar-refractivity contribution in [1.82, 2.24) is 25.1 Å². The molecule has 1 saturated carbocycles. The van der Waals surface area contributed by atoms with Gasteiger partial charge >= 0.3 is 0 Å². The maximum absolute atomic E-state index is 10.1. The Hall–Kier alpha value is -2.65. The van der Waals surface area contributed by atoms with Crippen LogP contribution >= 0.6 is 11.3 Å². The van der Waals surface area contributed by atoms with Crippen LogP contribution in [0.15, 0.2) is 24.4 Å². The molecule has 8 nitrogen and oxygen atoms in total. The van der Waals surface area contributed by atoms with E-state index < -0.39 is 5.60 Å². The van der Waals surface area contributed by atoms with Crippen LogP contribution < -0.4 is 9.64 Å². The largest absolute Gasteiger partial charge is 0.477 e. The van der Waals surface area contributed by atoms with E-state index in [-0.39, 0.29) is 0 Å². The second-order valence-corrected chi connectivity index (χ2v) is 9.38. The highest BCUT2D eigenvalue weighted by Crippen LogP contribution is 2.47. The number of aryl methyl sites for hydroxylation is 2. The van der Waals surface area contributed by atoms with E-state index in [0.717, 1.165) is 33.6 Å². The molecule has 0 aromatic carbocycles. The SMILES string of the molecule is Cc1nc(OC[C@H]2C[C@@H]2c2ccc(C(C)(C)O)cn2)cc(N(C)c2nnc(C)s2)n1. The first-order chi connectivity index (χ1) is 14.2. The van der Waals surface area contributed by atoms with E-state index in [2.05, 4.69) is 25.1 Å². The lowest BCUT2D eigenvalue weighted by Crippen LogP contribution is -2.15. The summed E-state index contributed by atoms with van der Waals surface area (Å²) >= 11 is 1.51. The van der Waals surface area contributed by atoms with Crippen LogP contribution in [0.2, 0.25) is 0 Å². The molecule has 9 heteroatoms. The highest BCUT2D eigenvalue weighted by atomic mass is 32.1. The predicted octanol–water partition coefficient (Wildman–Crippen LogP) is 3.52. The van der Waals surface area contributed by atoms with Crippen LogP contribution in [0.1, 0.15) is 48.3 Å². The predicted molar refractivity (Wildman–Crippen MR) is 115 cm³/mol. The molecule has 1 aliphatic carbocycles. The number of hydrogen-bond acceptors (Lipinski definition) is 9. The van der Waals surface area contributed by atoms with Crippen LogP contribution in [0.25, 0.3) is 0 Å². The molecule has 3 heterocycles. The number of hydrogen-bond donors (Lipinski definition) is 1. The number of aliphatic hydroxyl groups is 1. The van der Waals surface area contributed by atoms with Gasteiger partial charge in [-0.3, -0.25) is 4.98 Å². The van der Waals surface area contributed by atoms with Crippen LogP contribution in [0.5, 0.6) is 5.88 Å². The van der Waals surface area contributed by atoms with E-state index in [0.29, 0.717) is 30.1 Å². The van der Waals surface area contributed by atoms with Crippen molar-refractivity contribution in [3.05, 3.63) is 46.5 Å². The van der Waals surface area contributed by atoms with Crippen LogP contribution in [0, 0.1) is 19.8 Å². The van der Waals surface area contributed by atoms with Gasteiger partial charge in [0.25, 0.3) is 0 Å². The lowest BCUT2D eigenvalue weighted by atomic mass is 10.00. The monoisotopic (exact) mass is 426 g/mol. The summed E-state index contributed by atoms with van der Waals surface area (Å²) in [5.74, 6) is 2.72. The molecule has 4 rings (SSSR count). The van der Waals surface area contributed by atoms with Gasteiger partial charge in [0.15, 0.2) is 0 Å². The Morgan fingerprint density at radius 1 is 1.23 bits per heavy atom. The van der Waals surface area contributed by atoms with Crippen molar-refractivity contribution in [2.45, 2.75) is 45.6 Å². The van der Waals surface area contributed by atoms with Crippen molar-refractivity contribution in [2.24, 2.45) is 5.92 Å². The summed E-state index contributed by atoms with van der Waals surface area (Å²) in [7, 11) is 1.91. The molecule has 1 aliphatic rings. The zero-order valence-electron chi connectivity index (χ0n) is 17.8. The molecular weight excluding hydrogens is 400 g/mol. The molecule has 0 radical (unpaired) electrons. The minimum atomic E-state index is -0.874. The van der Waals surface area contributed by atoms with E-state index in [1.807, 2.05) is 44.0 Å². The molecule has 30 heavy (non-hydrogen) atoms. The van der Waals surface area contributed by atoms with Gasteiger partial charge < -0.3 is 14.7 Å². The van der Waals surface area contributed by atoms with Crippen LogP contribution in [-0.4, -0.2) is 43.9 Å². The Morgan fingerprint density at radius 3 is 2.67 bits per heavy atom. The molecule has 0 spiro atoms. The summed E-state index contributed by atoms with van der Waals surface area (Å²) in [5.41, 5.74) is 0.988. The quantitative estimate of drug-likeness (QED) is 0.613. The topological polar surface area (TPSA) is 97.2 Å². The second kappa shape index (κ2) is 7.88. The summed E-state index contributed by atoms with van der Waals surface area (Å²) in [5, 5.41) is 20.0. The van der Waals surface area contributed by atoms with E-state index in [9.17, 15) is 5.11 Å². The fraction of sp³-hybridized carbons (Fsp3) is 0.476. The van der Waals surface area contributed by atoms with Crippen LogP contribution in [-0.2, 0) is 5.60 Å². The summed E-state index contributed by atoms with van der Waals surface area (Å²) in [6.07, 6.45) is 2.80. The second-order valence-electron chi connectivity index (χ2n) is 8.22. The highest BCUT2D eigenvalue weighted by molar-refractivity contribution is 7.15. The van der Waals surface area contributed by atoms with Crippen molar-refractivity contribution in [3.63, 3.8) is 0 Å². The number of ether oxygens (including phenoxy) is 1. The van der Waals surface area contributed by atoms with E-state index in [1.54, 1.807) is 20.0 Å². The Bertz CT molecular complexity index is 1030. The van der Waals surface area contributed by atoms with E-state index >= 15 is 0 Å². The van der Waals surface area contributed by atoms with Crippen molar-refractivity contribution in [1.29, 1.82) is 0 Å². The van der Waals surface area contributed by atoms with Gasteiger partial charge in [-0.15, -0.1) is 10.2 Å². The van der Waals surface area contributed by atoms with Gasteiger partial charge in [0.2, 0.25) is 11.0 Å². The lowest BCUT2D eigenvalue weighted by Gasteiger charge is -2.17. The molecule has 3 aromatic rings. The van der Waals surface area contributed by atoms with Gasteiger partial charge in [0.1, 0.15) is 16.6 Å². The summed E-state index contributed by atoms with van der Waals surface area (Å²) < 4.78 is 5.99. The normalized spacial score (nSPS) is 18.3. The first-order valence-corrected chi connectivity index (χ1v) is 10.7. The Balaban J connectivity index is 1.38. The molecule has 3 aromatic heterocycles. The smallest absolute Gasteiger partial charge is 0.218 e. The molecule has 2 atom stereocenters. The van der Waals surface area contributed by atoms with Crippen molar-refractivity contribution in [2.75, 3.05) is 18.6 Å². The third-order valence-electron chi connectivity index (χ3n) is 5.19. The molecule has 0 aliphatic heterocycles. The van der Waals surface area contributed by atoms with Crippen molar-refractivity contribution < 1.29 is 9.84 Å². The Labute approximate surface area is 180 Å². The van der Waals surface area contributed by atoms with Crippen LogP contribution in [0.3, 0.4) is 0 Å². The summed E-state index contributed by atoms with van der Waals surface area (Å²) in [4.78, 5) is 15.3. The third-order valence-corrected chi connectivity index (χ3v) is 6.10. The maximum Gasteiger partial charge on any atom is 0.218 e. The Morgan fingerprint density at radius 2 is 2.03 bits per heavy atom. The third kappa shape index (κ3) is 4.57. The Kier molecular flexibility index (Phi) is 5.42. The van der Waals surface area contributed by atoms with E-state index in [4.69, 9.17) is 4.74 Å². The van der Waals surface area contributed by atoms with Crippen LogP contribution in [0.4, 0.5) is 10.9 Å². The molecule has 0 saturated heterocycles. The van der Waals surface area contributed by atoms with Gasteiger partial charge in [0, 0.05) is 42.4 Å². The zero-order chi connectivity index (χ0) is 21.5. The minimum absolute atomic E-state index is 0.385. The van der Waals surface area contributed by atoms with E-state index in [1.165, 1.54) is 11.3 Å². The standard InChI is InChI=1S/C21H26N6O2S/c1-12-23-18(27(5)20-26-25-13(2)30-20)9-19(24-12)29-11-14-8-16(14)17-7-6-15(10-22-17)21(3,4)28/h6-7,9-10,14,16,28H,8,11H2,1-5H3/t14-,16+/m1/s1. The van der Waals surface area contributed by atoms with Gasteiger partial charge in [-0.25, -0.2) is 4.98 Å². The van der Waals surface area contributed by atoms with Gasteiger partial charge in [-0.05, 0) is 40.2 Å². The average molecular weight is 427 g/mol. The maximum atomic E-state index is 10.1. The number of nitrogens with zero attached hydrogens (tertiary/aromatic N) is 6. The molecule has 158 valence electrons. The molecule has 1 fully saturated rings. The molecule has 0 unspecified atom stereocenters. The van der Waals surface area contributed by atoms with Crippen molar-refractivity contribution >= 4 is 22.3 Å². The number of pyridine rings is 1. The lowest BCUT2D eigenvalue weighted by molar-refractivity contribution is 0.0782. The number of rotatable bonds is 7. The average Bonchev–Trinajstić information content (AvgIpc) is 3.35. The molecule has 0 amide bonds. The summed E-state index contributed by atoms with van der Waals surface area (Å²) in [6.45, 7) is 7.88. The highest BCUT2D eigenvalue weighted by Gasteiger charge is 2.40. The van der Waals surface area contributed by atoms with Gasteiger partial charge in [0.05, 0.1) is 12.2 Å². The van der Waals surface area contributed by atoms with Gasteiger partial charge in [-0.1, -0.05) is 17.4 Å². The number of anilines is 2. The fourth-order valence-corrected chi connectivity index (χ4v) is 3.92. The first-order valence-electron chi connectivity index (χ1n) is 9.92. The molecular formula is C21H26N6O2S. The number of aromatic nitrogens is 5. The summed E-state index contributed by atoms with van der Waals surface area (Å²) in [6, 6.07) is 5.78. The fourth-order valence-electron chi connectivity index (χ4n) is 3.26. The minimum Gasteiger partial charge on any atom is -0.477 e. The zero-order valence-corrected chi connectivity index (χ0v) is 18.6. The van der Waals surface area contributed by atoms with Crippen molar-refractivity contribution in [3.8, 4) is 5.88 Å². The van der Waals surface area contributed by atoms with Gasteiger partial charge in [-0.2, -0.15) is 4.98 Å².